The van der Waals surface area contributed by atoms with Crippen molar-refractivity contribution in [2.45, 2.75) is 26.7 Å². The summed E-state index contributed by atoms with van der Waals surface area (Å²) in [6.07, 6.45) is 1.83. The van der Waals surface area contributed by atoms with Crippen LogP contribution >= 0.6 is 0 Å². The molecule has 0 spiro atoms. The Kier molecular flexibility index (Phi) is 4.48. The minimum Gasteiger partial charge on any atom is -0.399 e. The van der Waals surface area contributed by atoms with Crippen molar-refractivity contribution in [1.82, 2.24) is 0 Å². The molecule has 0 aliphatic carbocycles. The van der Waals surface area contributed by atoms with Crippen LogP contribution in [0.1, 0.15) is 35.3 Å². The molecule has 0 unspecified atom stereocenters. The van der Waals surface area contributed by atoms with E-state index in [2.05, 4.69) is 37.4 Å². The number of benzene rings is 2. The highest BCUT2D eigenvalue weighted by molar-refractivity contribution is 6.00. The molecule has 0 aliphatic heterocycles. The summed E-state index contributed by atoms with van der Waals surface area (Å²) >= 11 is 0. The molecule has 110 valence electrons. The molecule has 0 bridgehead atoms. The zero-order valence-corrected chi connectivity index (χ0v) is 12.4. The Morgan fingerprint density at radius 3 is 2.24 bits per heavy atom. The number of hydrogen-bond acceptors (Lipinski definition) is 3. The van der Waals surface area contributed by atoms with E-state index < -0.39 is 5.91 Å². The summed E-state index contributed by atoms with van der Waals surface area (Å²) in [7, 11) is 0. The monoisotopic (exact) mass is 283 g/mol. The summed E-state index contributed by atoms with van der Waals surface area (Å²) in [5.74, 6) is -0.489. The van der Waals surface area contributed by atoms with E-state index in [-0.39, 0.29) is 0 Å². The molecule has 4 heteroatoms. The van der Waals surface area contributed by atoms with Gasteiger partial charge in [0.2, 0.25) is 0 Å². The summed E-state index contributed by atoms with van der Waals surface area (Å²) in [5, 5.41) is 3.36. The Labute approximate surface area is 125 Å². The van der Waals surface area contributed by atoms with Crippen molar-refractivity contribution in [3.05, 3.63) is 53.1 Å². The number of amides is 1. The first-order valence-corrected chi connectivity index (χ1v) is 7.13. The number of aryl methyl sites for hydroxylation is 2. The van der Waals surface area contributed by atoms with Gasteiger partial charge in [0.1, 0.15) is 0 Å². The fraction of sp³-hybridized carbons (Fsp3) is 0.235. The van der Waals surface area contributed by atoms with E-state index in [0.717, 1.165) is 18.5 Å². The molecule has 4 nitrogen and oxygen atoms in total. The van der Waals surface area contributed by atoms with Crippen molar-refractivity contribution in [2.24, 2.45) is 5.73 Å². The molecule has 21 heavy (non-hydrogen) atoms. The van der Waals surface area contributed by atoms with Crippen molar-refractivity contribution < 1.29 is 4.79 Å². The molecule has 0 atom stereocenters. The summed E-state index contributed by atoms with van der Waals surface area (Å²) in [6.45, 7) is 4.22. The van der Waals surface area contributed by atoms with Crippen LogP contribution in [0.5, 0.6) is 0 Å². The predicted molar refractivity (Wildman–Crippen MR) is 87.9 cm³/mol. The topological polar surface area (TPSA) is 81.1 Å². The molecule has 2 aromatic carbocycles. The number of carbonyl (C=O) groups excluding carboxylic acids is 1. The largest absolute Gasteiger partial charge is 0.399 e. The zero-order valence-electron chi connectivity index (χ0n) is 12.4. The number of carbonyl (C=O) groups is 1. The summed E-state index contributed by atoms with van der Waals surface area (Å²) in [6, 6.07) is 11.4. The van der Waals surface area contributed by atoms with Gasteiger partial charge >= 0.3 is 0 Å². The van der Waals surface area contributed by atoms with Crippen LogP contribution in [-0.4, -0.2) is 5.91 Å². The van der Waals surface area contributed by atoms with Gasteiger partial charge in [0.25, 0.3) is 5.91 Å². The second-order valence-corrected chi connectivity index (χ2v) is 4.95. The van der Waals surface area contributed by atoms with Crippen LogP contribution in [0, 0.1) is 0 Å². The van der Waals surface area contributed by atoms with E-state index in [1.807, 2.05) is 0 Å². The maximum absolute atomic E-state index is 11.6. The van der Waals surface area contributed by atoms with Crippen LogP contribution in [0.2, 0.25) is 0 Å². The normalized spacial score (nSPS) is 10.4. The lowest BCUT2D eigenvalue weighted by Crippen LogP contribution is -2.14. The second kappa shape index (κ2) is 6.31. The van der Waals surface area contributed by atoms with Gasteiger partial charge in [-0.25, -0.2) is 0 Å². The van der Waals surface area contributed by atoms with Crippen molar-refractivity contribution in [1.29, 1.82) is 0 Å². The highest BCUT2D eigenvalue weighted by Gasteiger charge is 2.12. The van der Waals surface area contributed by atoms with E-state index in [4.69, 9.17) is 11.5 Å². The number of anilines is 3. The van der Waals surface area contributed by atoms with E-state index in [1.54, 1.807) is 18.2 Å². The summed E-state index contributed by atoms with van der Waals surface area (Å²) in [4.78, 5) is 11.6. The molecule has 0 aliphatic rings. The second-order valence-electron chi connectivity index (χ2n) is 4.95. The fourth-order valence-electron chi connectivity index (χ4n) is 2.41. The lowest BCUT2D eigenvalue weighted by Gasteiger charge is -2.17. The van der Waals surface area contributed by atoms with Crippen LogP contribution in [0.15, 0.2) is 36.4 Å². The quantitative estimate of drug-likeness (QED) is 0.737. The summed E-state index contributed by atoms with van der Waals surface area (Å²) < 4.78 is 0. The molecule has 0 heterocycles. The smallest absolute Gasteiger partial charge is 0.250 e. The predicted octanol–water partition coefficient (Wildman–Crippen LogP) is 3.24. The van der Waals surface area contributed by atoms with Gasteiger partial charge in [-0.2, -0.15) is 0 Å². The Hall–Kier alpha value is -2.49. The Morgan fingerprint density at radius 2 is 1.71 bits per heavy atom. The lowest BCUT2D eigenvalue weighted by molar-refractivity contribution is 0.100. The highest BCUT2D eigenvalue weighted by Crippen LogP contribution is 2.29. The van der Waals surface area contributed by atoms with Gasteiger partial charge in [-0.15, -0.1) is 0 Å². The number of para-hydroxylation sites is 1. The standard InChI is InChI=1S/C17H21N3O/c1-3-11-6-5-7-12(4-2)16(11)20-15-9-8-13(18)10-14(15)17(19)21/h5-10,20H,3-4,18H2,1-2H3,(H2,19,21). The molecule has 1 amide bonds. The third kappa shape index (κ3) is 3.16. The third-order valence-electron chi connectivity index (χ3n) is 3.57. The SMILES string of the molecule is CCc1cccc(CC)c1Nc1ccc(N)cc1C(N)=O. The first kappa shape index (κ1) is 14.9. The molecule has 5 N–H and O–H groups in total. The Bertz CT molecular complexity index is 643. The average Bonchev–Trinajstić information content (AvgIpc) is 2.48. The minimum atomic E-state index is -0.489. The summed E-state index contributed by atoms with van der Waals surface area (Å²) in [5.41, 5.74) is 16.3. The van der Waals surface area contributed by atoms with Crippen molar-refractivity contribution in [3.8, 4) is 0 Å². The maximum atomic E-state index is 11.6. The van der Waals surface area contributed by atoms with E-state index in [0.29, 0.717) is 16.9 Å². The maximum Gasteiger partial charge on any atom is 0.250 e. The molecule has 2 rings (SSSR count). The van der Waals surface area contributed by atoms with Gasteiger partial charge in [-0.3, -0.25) is 4.79 Å². The molecule has 0 saturated heterocycles. The van der Waals surface area contributed by atoms with Gasteiger partial charge in [-0.1, -0.05) is 32.0 Å². The van der Waals surface area contributed by atoms with Gasteiger partial charge in [-0.05, 0) is 42.2 Å². The molecular weight excluding hydrogens is 262 g/mol. The minimum absolute atomic E-state index is 0.406. The van der Waals surface area contributed by atoms with E-state index in [9.17, 15) is 4.79 Å². The van der Waals surface area contributed by atoms with Crippen LogP contribution in [-0.2, 0) is 12.8 Å². The van der Waals surface area contributed by atoms with Crippen molar-refractivity contribution >= 4 is 23.0 Å². The molecule has 0 aromatic heterocycles. The number of hydrogen-bond donors (Lipinski definition) is 3. The number of nitrogens with two attached hydrogens (primary N) is 2. The molecular formula is C17H21N3O. The van der Waals surface area contributed by atoms with Crippen LogP contribution in [0.3, 0.4) is 0 Å². The molecule has 0 saturated carbocycles. The lowest BCUT2D eigenvalue weighted by atomic mass is 10.0. The van der Waals surface area contributed by atoms with Gasteiger partial charge in [0.05, 0.1) is 11.3 Å². The van der Waals surface area contributed by atoms with Gasteiger partial charge in [0, 0.05) is 11.4 Å². The number of nitrogen functional groups attached to an aromatic ring is 1. The number of primary amides is 1. The number of nitrogens with one attached hydrogen (secondary N) is 1. The van der Waals surface area contributed by atoms with E-state index >= 15 is 0 Å². The third-order valence-corrected chi connectivity index (χ3v) is 3.57. The average molecular weight is 283 g/mol. The van der Waals surface area contributed by atoms with Crippen LogP contribution in [0.4, 0.5) is 17.1 Å². The molecule has 2 aromatic rings. The van der Waals surface area contributed by atoms with Crippen molar-refractivity contribution in [2.75, 3.05) is 11.1 Å². The molecule has 0 radical (unpaired) electrons. The van der Waals surface area contributed by atoms with E-state index in [1.165, 1.54) is 11.1 Å². The number of rotatable bonds is 5. The van der Waals surface area contributed by atoms with Crippen molar-refractivity contribution in [3.63, 3.8) is 0 Å². The first-order valence-electron chi connectivity index (χ1n) is 7.13. The van der Waals surface area contributed by atoms with Gasteiger partial charge < -0.3 is 16.8 Å². The van der Waals surface area contributed by atoms with Gasteiger partial charge in [0.15, 0.2) is 0 Å². The zero-order chi connectivity index (χ0) is 15.4. The fourth-order valence-corrected chi connectivity index (χ4v) is 2.41. The Morgan fingerprint density at radius 1 is 1.10 bits per heavy atom. The highest BCUT2D eigenvalue weighted by atomic mass is 16.1. The molecule has 0 fully saturated rings. The van der Waals surface area contributed by atoms with Crippen LogP contribution < -0.4 is 16.8 Å². The first-order chi connectivity index (χ1) is 10.1. The Balaban J connectivity index is 2.50. The van der Waals surface area contributed by atoms with Crippen LogP contribution in [0.25, 0.3) is 0 Å².